The molecule has 0 saturated heterocycles. The summed E-state index contributed by atoms with van der Waals surface area (Å²) in [7, 11) is 0. The topological polar surface area (TPSA) is 35.2 Å². The van der Waals surface area contributed by atoms with Crippen LogP contribution >= 0.6 is 12.2 Å². The zero-order valence-electron chi connectivity index (χ0n) is 4.31. The summed E-state index contributed by atoms with van der Waals surface area (Å²) in [6, 6.07) is 0. The van der Waals surface area contributed by atoms with Crippen LogP contribution in [0.15, 0.2) is 0 Å². The van der Waals surface area contributed by atoms with Crippen molar-refractivity contribution in [1.82, 2.24) is 0 Å². The van der Waals surface area contributed by atoms with E-state index >= 15 is 0 Å². The quantitative estimate of drug-likeness (QED) is 0.543. The van der Waals surface area contributed by atoms with Gasteiger partial charge in [-0.3, -0.25) is 0 Å². The number of ether oxygens (including phenoxy) is 1. The van der Waals surface area contributed by atoms with Crippen LogP contribution < -0.4 is 5.73 Å². The van der Waals surface area contributed by atoms with E-state index in [1.807, 2.05) is 6.92 Å². The molecule has 0 bridgehead atoms. The fraction of sp³-hybridized carbons (Fsp3) is 0.750. The van der Waals surface area contributed by atoms with E-state index in [4.69, 9.17) is 10.5 Å². The predicted molar refractivity (Wildman–Crippen MR) is 33.3 cm³/mol. The van der Waals surface area contributed by atoms with Crippen molar-refractivity contribution >= 4 is 17.2 Å². The maximum absolute atomic E-state index is 5.08. The second-order valence-electron chi connectivity index (χ2n) is 1.10. The Labute approximate surface area is 48.6 Å². The van der Waals surface area contributed by atoms with E-state index in [9.17, 15) is 0 Å². The van der Waals surface area contributed by atoms with Gasteiger partial charge in [-0.1, -0.05) is 12.2 Å². The van der Waals surface area contributed by atoms with Gasteiger partial charge in [0.25, 0.3) is 0 Å². The maximum atomic E-state index is 5.08. The molecule has 42 valence electrons. The molecule has 7 heavy (non-hydrogen) atoms. The molecule has 0 heterocycles. The summed E-state index contributed by atoms with van der Waals surface area (Å²) in [4.78, 5) is 0.418. The summed E-state index contributed by atoms with van der Waals surface area (Å²) >= 11 is 4.51. The number of hydrogen-bond donors (Lipinski definition) is 1. The number of hydrogen-bond acceptors (Lipinski definition) is 2. The van der Waals surface area contributed by atoms with E-state index in [1.165, 1.54) is 0 Å². The van der Waals surface area contributed by atoms with Crippen LogP contribution in [-0.4, -0.2) is 18.2 Å². The molecule has 2 N–H and O–H groups in total. The minimum Gasteiger partial charge on any atom is -0.391 e. The third-order valence-corrected chi connectivity index (χ3v) is 0.566. The average molecular weight is 119 g/mol. The number of nitrogens with two attached hydrogens (primary N) is 1. The van der Waals surface area contributed by atoms with Gasteiger partial charge in [-0.2, -0.15) is 0 Å². The van der Waals surface area contributed by atoms with Crippen LogP contribution in [0.25, 0.3) is 0 Å². The summed E-state index contributed by atoms with van der Waals surface area (Å²) in [5, 5.41) is 0. The van der Waals surface area contributed by atoms with E-state index in [1.54, 1.807) is 0 Å². The van der Waals surface area contributed by atoms with Gasteiger partial charge in [0.15, 0.2) is 0 Å². The third kappa shape index (κ3) is 5.85. The predicted octanol–water partition coefficient (Wildman–Crippen LogP) is 0.309. The molecule has 2 nitrogen and oxygen atoms in total. The molecule has 0 fully saturated rings. The van der Waals surface area contributed by atoms with E-state index < -0.39 is 0 Å². The van der Waals surface area contributed by atoms with Gasteiger partial charge in [0.1, 0.15) is 0 Å². The molecule has 0 aromatic carbocycles. The number of rotatable bonds is 3. The fourth-order valence-electron chi connectivity index (χ4n) is 0.203. The summed E-state index contributed by atoms with van der Waals surface area (Å²) in [5.41, 5.74) is 5.08. The standard InChI is InChI=1S/C4H9NOS/c1-2-6-3-4(5)7/h2-3H2,1H3,(H2,5,7). The Morgan fingerprint density at radius 1 is 1.86 bits per heavy atom. The van der Waals surface area contributed by atoms with Gasteiger partial charge in [0, 0.05) is 6.61 Å². The van der Waals surface area contributed by atoms with Gasteiger partial charge in [-0.25, -0.2) is 0 Å². The van der Waals surface area contributed by atoms with Crippen LogP contribution in [0.1, 0.15) is 6.92 Å². The summed E-state index contributed by atoms with van der Waals surface area (Å²) in [6.45, 7) is 2.99. The molecule has 0 amide bonds. The number of thiocarbonyl (C=S) groups is 1. The van der Waals surface area contributed by atoms with Crippen molar-refractivity contribution in [3.05, 3.63) is 0 Å². The molecule has 0 aliphatic heterocycles. The fourth-order valence-corrected chi connectivity index (χ4v) is 0.286. The van der Waals surface area contributed by atoms with Crippen LogP contribution in [0.4, 0.5) is 0 Å². The van der Waals surface area contributed by atoms with Gasteiger partial charge >= 0.3 is 0 Å². The molecule has 0 radical (unpaired) electrons. The minimum atomic E-state index is 0.409. The van der Waals surface area contributed by atoms with Crippen molar-refractivity contribution in [3.63, 3.8) is 0 Å². The van der Waals surface area contributed by atoms with Crippen molar-refractivity contribution in [2.75, 3.05) is 13.2 Å². The van der Waals surface area contributed by atoms with Crippen molar-refractivity contribution < 1.29 is 4.74 Å². The zero-order chi connectivity index (χ0) is 5.70. The molecule has 0 saturated carbocycles. The lowest BCUT2D eigenvalue weighted by Gasteiger charge is -1.94. The van der Waals surface area contributed by atoms with Crippen LogP contribution in [0.2, 0.25) is 0 Å². The van der Waals surface area contributed by atoms with Crippen LogP contribution in [0.5, 0.6) is 0 Å². The lowest BCUT2D eigenvalue weighted by Crippen LogP contribution is -2.15. The lowest BCUT2D eigenvalue weighted by molar-refractivity contribution is 0.188. The van der Waals surface area contributed by atoms with Crippen molar-refractivity contribution in [2.24, 2.45) is 5.73 Å². The first-order valence-corrected chi connectivity index (χ1v) is 2.54. The highest BCUT2D eigenvalue weighted by atomic mass is 32.1. The van der Waals surface area contributed by atoms with E-state index in [2.05, 4.69) is 12.2 Å². The maximum Gasteiger partial charge on any atom is 0.0989 e. The highest BCUT2D eigenvalue weighted by Crippen LogP contribution is 1.70. The second kappa shape index (κ2) is 4.02. The van der Waals surface area contributed by atoms with Gasteiger partial charge in [0.2, 0.25) is 0 Å². The molecule has 0 aromatic rings. The molecule has 0 rings (SSSR count). The average Bonchev–Trinajstić information content (AvgIpc) is 1.61. The van der Waals surface area contributed by atoms with Crippen LogP contribution in [0, 0.1) is 0 Å². The summed E-state index contributed by atoms with van der Waals surface area (Å²) < 4.78 is 4.83. The molecular formula is C4H9NOS. The monoisotopic (exact) mass is 119 g/mol. The van der Waals surface area contributed by atoms with Crippen LogP contribution in [-0.2, 0) is 4.74 Å². The van der Waals surface area contributed by atoms with E-state index in [0.29, 0.717) is 18.2 Å². The summed E-state index contributed by atoms with van der Waals surface area (Å²) in [5.74, 6) is 0. The van der Waals surface area contributed by atoms with Gasteiger partial charge in [0.05, 0.1) is 11.6 Å². The Bertz CT molecular complexity index is 64.7. The van der Waals surface area contributed by atoms with Gasteiger partial charge in [-0.15, -0.1) is 0 Å². The SMILES string of the molecule is CCOCC(N)=S. The smallest absolute Gasteiger partial charge is 0.0989 e. The Morgan fingerprint density at radius 3 is 2.57 bits per heavy atom. The van der Waals surface area contributed by atoms with E-state index in [0.717, 1.165) is 0 Å². The van der Waals surface area contributed by atoms with Crippen LogP contribution in [0.3, 0.4) is 0 Å². The minimum absolute atomic E-state index is 0.409. The highest BCUT2D eigenvalue weighted by molar-refractivity contribution is 7.80. The molecule has 0 aliphatic carbocycles. The third-order valence-electron chi connectivity index (χ3n) is 0.448. The molecule has 0 aliphatic rings. The molecular weight excluding hydrogens is 110 g/mol. The lowest BCUT2D eigenvalue weighted by atomic mass is 10.7. The van der Waals surface area contributed by atoms with Crippen molar-refractivity contribution in [3.8, 4) is 0 Å². The van der Waals surface area contributed by atoms with Crippen molar-refractivity contribution in [1.29, 1.82) is 0 Å². The summed E-state index contributed by atoms with van der Waals surface area (Å²) in [6.07, 6.45) is 0. The largest absolute Gasteiger partial charge is 0.391 e. The molecule has 0 aromatic heterocycles. The van der Waals surface area contributed by atoms with E-state index in [-0.39, 0.29) is 0 Å². The first-order valence-electron chi connectivity index (χ1n) is 2.13. The Kier molecular flexibility index (Phi) is 3.93. The first kappa shape index (κ1) is 6.85. The Balaban J connectivity index is 2.82. The molecule has 0 atom stereocenters. The Hall–Kier alpha value is -0.150. The van der Waals surface area contributed by atoms with Crippen molar-refractivity contribution in [2.45, 2.75) is 6.92 Å². The van der Waals surface area contributed by atoms with Gasteiger partial charge in [-0.05, 0) is 6.92 Å². The molecule has 0 spiro atoms. The zero-order valence-corrected chi connectivity index (χ0v) is 5.12. The molecule has 3 heteroatoms. The Morgan fingerprint density at radius 2 is 2.43 bits per heavy atom. The van der Waals surface area contributed by atoms with Gasteiger partial charge < -0.3 is 10.5 Å². The molecule has 0 unspecified atom stereocenters. The second-order valence-corrected chi connectivity index (χ2v) is 1.63. The first-order chi connectivity index (χ1) is 3.27. The normalized spacial score (nSPS) is 8.71. The highest BCUT2D eigenvalue weighted by Gasteiger charge is 1.82.